The summed E-state index contributed by atoms with van der Waals surface area (Å²) in [6.07, 6.45) is 7.74. The maximum atomic E-state index is 5.76. The number of hydrogen-bond donors (Lipinski definition) is 0. The Hall–Kier alpha value is -1.02. The van der Waals surface area contributed by atoms with Crippen LogP contribution in [-0.2, 0) is 12.8 Å². The van der Waals surface area contributed by atoms with Crippen molar-refractivity contribution < 1.29 is 4.74 Å². The minimum absolute atomic E-state index is 0.826. The van der Waals surface area contributed by atoms with E-state index < -0.39 is 0 Å². The van der Waals surface area contributed by atoms with Crippen molar-refractivity contribution in [1.82, 2.24) is 4.90 Å². The molecule has 0 spiro atoms. The zero-order valence-electron chi connectivity index (χ0n) is 12.0. The Morgan fingerprint density at radius 2 is 1.95 bits per heavy atom. The number of nitrogens with zero attached hydrogens (tertiary/aromatic N) is 1. The summed E-state index contributed by atoms with van der Waals surface area (Å²) < 4.78 is 5.76. The monoisotopic (exact) mass is 259 g/mol. The Morgan fingerprint density at radius 3 is 2.63 bits per heavy atom. The summed E-state index contributed by atoms with van der Waals surface area (Å²) >= 11 is 0. The van der Waals surface area contributed by atoms with Crippen LogP contribution in [0.15, 0.2) is 18.2 Å². The van der Waals surface area contributed by atoms with Crippen LogP contribution in [0.1, 0.15) is 43.7 Å². The summed E-state index contributed by atoms with van der Waals surface area (Å²) in [5.41, 5.74) is 3.04. The van der Waals surface area contributed by atoms with Crippen molar-refractivity contribution in [3.05, 3.63) is 29.3 Å². The molecule has 1 fully saturated rings. The second-order valence-corrected chi connectivity index (χ2v) is 5.90. The summed E-state index contributed by atoms with van der Waals surface area (Å²) in [4.78, 5) is 2.70. The molecule has 2 heteroatoms. The van der Waals surface area contributed by atoms with Crippen molar-refractivity contribution in [2.24, 2.45) is 0 Å². The van der Waals surface area contributed by atoms with Gasteiger partial charge < -0.3 is 4.74 Å². The fourth-order valence-corrected chi connectivity index (χ4v) is 3.15. The molecule has 3 rings (SSSR count). The molecule has 0 aromatic heterocycles. The van der Waals surface area contributed by atoms with E-state index in [1.165, 1.54) is 56.3 Å². The lowest BCUT2D eigenvalue weighted by Gasteiger charge is -2.36. The Morgan fingerprint density at radius 1 is 1.16 bits per heavy atom. The van der Waals surface area contributed by atoms with Crippen LogP contribution in [0.25, 0.3) is 0 Å². The van der Waals surface area contributed by atoms with Crippen LogP contribution >= 0.6 is 0 Å². The molecular formula is C17H25NO. The molecule has 19 heavy (non-hydrogen) atoms. The number of benzene rings is 1. The van der Waals surface area contributed by atoms with Crippen molar-refractivity contribution in [2.75, 3.05) is 19.7 Å². The molecule has 1 saturated carbocycles. The average Bonchev–Trinajstić information content (AvgIpc) is 2.57. The van der Waals surface area contributed by atoms with Gasteiger partial charge in [-0.3, -0.25) is 4.90 Å². The topological polar surface area (TPSA) is 12.5 Å². The van der Waals surface area contributed by atoms with Crippen LogP contribution in [0.3, 0.4) is 0 Å². The van der Waals surface area contributed by atoms with Crippen LogP contribution < -0.4 is 4.74 Å². The predicted molar refractivity (Wildman–Crippen MR) is 78.8 cm³/mol. The molecule has 0 N–H and O–H groups in total. The first-order valence-corrected chi connectivity index (χ1v) is 7.85. The quantitative estimate of drug-likeness (QED) is 0.821. The number of rotatable bonds is 4. The fraction of sp³-hybridized carbons (Fsp3) is 0.647. The summed E-state index contributed by atoms with van der Waals surface area (Å²) in [6.45, 7) is 5.45. The summed E-state index contributed by atoms with van der Waals surface area (Å²) in [5.74, 6) is 1.05. The van der Waals surface area contributed by atoms with Crippen LogP contribution in [-0.4, -0.2) is 30.6 Å². The van der Waals surface area contributed by atoms with Gasteiger partial charge in [0.25, 0.3) is 0 Å². The second kappa shape index (κ2) is 5.96. The van der Waals surface area contributed by atoms with Gasteiger partial charge in [0, 0.05) is 19.1 Å². The Kier molecular flexibility index (Phi) is 4.07. The minimum atomic E-state index is 0.826. The molecule has 1 aliphatic heterocycles. The fourth-order valence-electron chi connectivity index (χ4n) is 3.15. The SMILES string of the molecule is CCCOc1ccc2c(c1)CCN(C1CCC1)CC2. The van der Waals surface area contributed by atoms with E-state index in [1.807, 2.05) is 0 Å². The van der Waals surface area contributed by atoms with Crippen LogP contribution in [0, 0.1) is 0 Å². The minimum Gasteiger partial charge on any atom is -0.494 e. The molecule has 0 bridgehead atoms. The summed E-state index contributed by atoms with van der Waals surface area (Å²) in [6, 6.07) is 7.58. The van der Waals surface area contributed by atoms with E-state index in [2.05, 4.69) is 30.0 Å². The molecule has 104 valence electrons. The van der Waals surface area contributed by atoms with Gasteiger partial charge in [-0.25, -0.2) is 0 Å². The molecule has 0 radical (unpaired) electrons. The summed E-state index contributed by atoms with van der Waals surface area (Å²) in [7, 11) is 0. The normalized spacial score (nSPS) is 20.5. The molecule has 1 aromatic carbocycles. The maximum absolute atomic E-state index is 5.76. The van der Waals surface area contributed by atoms with Gasteiger partial charge in [-0.1, -0.05) is 19.4 Å². The van der Waals surface area contributed by atoms with Gasteiger partial charge in [-0.05, 0) is 55.4 Å². The number of fused-ring (bicyclic) bond motifs is 1. The molecule has 0 atom stereocenters. The van der Waals surface area contributed by atoms with Gasteiger partial charge in [-0.2, -0.15) is 0 Å². The lowest BCUT2D eigenvalue weighted by Crippen LogP contribution is -2.41. The van der Waals surface area contributed by atoms with Gasteiger partial charge in [-0.15, -0.1) is 0 Å². The molecule has 1 heterocycles. The molecule has 2 aliphatic rings. The van der Waals surface area contributed by atoms with Crippen molar-refractivity contribution in [3.63, 3.8) is 0 Å². The average molecular weight is 259 g/mol. The van der Waals surface area contributed by atoms with E-state index in [0.29, 0.717) is 0 Å². The zero-order valence-corrected chi connectivity index (χ0v) is 12.0. The molecule has 2 nitrogen and oxygen atoms in total. The lowest BCUT2D eigenvalue weighted by molar-refractivity contribution is 0.133. The number of ether oxygens (including phenoxy) is 1. The van der Waals surface area contributed by atoms with Crippen LogP contribution in [0.5, 0.6) is 5.75 Å². The van der Waals surface area contributed by atoms with Crippen LogP contribution in [0.4, 0.5) is 0 Å². The largest absolute Gasteiger partial charge is 0.494 e. The van der Waals surface area contributed by atoms with Crippen molar-refractivity contribution in [2.45, 2.75) is 51.5 Å². The van der Waals surface area contributed by atoms with Crippen LogP contribution in [0.2, 0.25) is 0 Å². The predicted octanol–water partition coefficient (Wildman–Crippen LogP) is 3.43. The first-order chi connectivity index (χ1) is 9.36. The molecule has 1 aliphatic carbocycles. The Bertz CT molecular complexity index is 425. The van der Waals surface area contributed by atoms with E-state index in [0.717, 1.165) is 24.8 Å². The Balaban J connectivity index is 1.67. The second-order valence-electron chi connectivity index (χ2n) is 5.90. The van der Waals surface area contributed by atoms with Gasteiger partial charge >= 0.3 is 0 Å². The third kappa shape index (κ3) is 2.94. The smallest absolute Gasteiger partial charge is 0.119 e. The first kappa shape index (κ1) is 13.0. The zero-order chi connectivity index (χ0) is 13.1. The molecule has 0 unspecified atom stereocenters. The third-order valence-corrected chi connectivity index (χ3v) is 4.58. The van der Waals surface area contributed by atoms with E-state index in [4.69, 9.17) is 4.74 Å². The maximum Gasteiger partial charge on any atom is 0.119 e. The highest BCUT2D eigenvalue weighted by atomic mass is 16.5. The van der Waals surface area contributed by atoms with E-state index in [1.54, 1.807) is 0 Å². The molecular weight excluding hydrogens is 234 g/mol. The lowest BCUT2D eigenvalue weighted by atomic mass is 9.91. The van der Waals surface area contributed by atoms with Crippen molar-refractivity contribution in [3.8, 4) is 5.75 Å². The highest BCUT2D eigenvalue weighted by molar-refractivity contribution is 5.37. The molecule has 1 aromatic rings. The standard InChI is InChI=1S/C17H25NO/c1-2-12-19-17-7-6-14-8-10-18(16-4-3-5-16)11-9-15(14)13-17/h6-7,13,16H,2-5,8-12H2,1H3. The van der Waals surface area contributed by atoms with E-state index in [9.17, 15) is 0 Å². The van der Waals surface area contributed by atoms with Crippen molar-refractivity contribution >= 4 is 0 Å². The Labute approximate surface area is 116 Å². The van der Waals surface area contributed by atoms with E-state index >= 15 is 0 Å². The first-order valence-electron chi connectivity index (χ1n) is 7.85. The summed E-state index contributed by atoms with van der Waals surface area (Å²) in [5, 5.41) is 0. The highest BCUT2D eigenvalue weighted by Crippen LogP contribution is 2.28. The molecule has 0 amide bonds. The highest BCUT2D eigenvalue weighted by Gasteiger charge is 2.26. The van der Waals surface area contributed by atoms with Gasteiger partial charge in [0.2, 0.25) is 0 Å². The van der Waals surface area contributed by atoms with Gasteiger partial charge in [0.15, 0.2) is 0 Å². The van der Waals surface area contributed by atoms with Gasteiger partial charge in [0.05, 0.1) is 6.61 Å². The van der Waals surface area contributed by atoms with Gasteiger partial charge in [0.1, 0.15) is 5.75 Å². The third-order valence-electron chi connectivity index (χ3n) is 4.58. The number of hydrogen-bond acceptors (Lipinski definition) is 2. The molecule has 0 saturated heterocycles. The van der Waals surface area contributed by atoms with E-state index in [-0.39, 0.29) is 0 Å². The van der Waals surface area contributed by atoms with Crippen molar-refractivity contribution in [1.29, 1.82) is 0 Å².